The summed E-state index contributed by atoms with van der Waals surface area (Å²) in [6.45, 7) is 1.85. The average molecular weight is 170 g/mol. The van der Waals surface area contributed by atoms with Crippen molar-refractivity contribution in [2.24, 2.45) is 5.73 Å². The predicted octanol–water partition coefficient (Wildman–Crippen LogP) is 0.830. The molecule has 2 N–H and O–H groups in total. The third kappa shape index (κ3) is 1.31. The number of allylic oxidation sites excluding steroid dienone is 1. The summed E-state index contributed by atoms with van der Waals surface area (Å²) in [5, 5.41) is 1.22. The fourth-order valence-electron chi connectivity index (χ4n) is 0.851. The first-order valence-electron chi connectivity index (χ1n) is 3.46. The van der Waals surface area contributed by atoms with Crippen LogP contribution in [0.2, 0.25) is 0 Å². The van der Waals surface area contributed by atoms with Gasteiger partial charge in [0.1, 0.15) is 0 Å². The molecule has 0 aliphatic carbocycles. The molecule has 0 bridgehead atoms. The van der Waals surface area contributed by atoms with Gasteiger partial charge in [-0.25, -0.2) is 0 Å². The molecule has 0 radical (unpaired) electrons. The summed E-state index contributed by atoms with van der Waals surface area (Å²) in [5.74, 6) is 0.414. The van der Waals surface area contributed by atoms with E-state index in [2.05, 4.69) is 5.43 Å². The topological polar surface area (TPSA) is 61.8 Å². The van der Waals surface area contributed by atoms with Gasteiger partial charge in [0.05, 0.1) is 19.9 Å². The zero-order valence-corrected chi connectivity index (χ0v) is 7.37. The third-order valence-corrected chi connectivity index (χ3v) is 1.55. The second-order valence-electron chi connectivity index (χ2n) is 2.31. The molecule has 0 saturated heterocycles. The van der Waals surface area contributed by atoms with Gasteiger partial charge < -0.3 is 15.9 Å². The highest BCUT2D eigenvalue weighted by atomic mass is 16.7. The molecular weight excluding hydrogens is 158 g/mol. The van der Waals surface area contributed by atoms with Crippen molar-refractivity contribution >= 4 is 0 Å². The van der Waals surface area contributed by atoms with Crippen molar-refractivity contribution in [1.29, 1.82) is 0 Å². The highest BCUT2D eigenvalue weighted by Crippen LogP contribution is 2.23. The monoisotopic (exact) mass is 170 g/mol. The van der Waals surface area contributed by atoms with Crippen molar-refractivity contribution in [2.75, 3.05) is 14.2 Å². The van der Waals surface area contributed by atoms with Gasteiger partial charge in [-0.3, -0.25) is 10.0 Å². The molecule has 1 heterocycles. The van der Waals surface area contributed by atoms with Crippen LogP contribution in [0, 0.1) is 0 Å². The fourth-order valence-corrected chi connectivity index (χ4v) is 0.851. The zero-order valence-electron chi connectivity index (χ0n) is 7.37. The molecular formula is C7H12N3O2-. The van der Waals surface area contributed by atoms with E-state index in [4.69, 9.17) is 15.3 Å². The molecule has 68 valence electrons. The van der Waals surface area contributed by atoms with Crippen LogP contribution < -0.4 is 5.73 Å². The van der Waals surface area contributed by atoms with E-state index < -0.39 is 0 Å². The van der Waals surface area contributed by atoms with Crippen LogP contribution in [0.15, 0.2) is 23.4 Å². The van der Waals surface area contributed by atoms with Crippen molar-refractivity contribution in [2.45, 2.75) is 6.92 Å². The number of methoxy groups -OCH3 is 1. The Hall–Kier alpha value is -1.36. The van der Waals surface area contributed by atoms with Gasteiger partial charge in [0.25, 0.3) is 0 Å². The van der Waals surface area contributed by atoms with Gasteiger partial charge in [0.15, 0.2) is 0 Å². The maximum absolute atomic E-state index is 5.70. The largest absolute Gasteiger partial charge is 0.572 e. The minimum absolute atomic E-state index is 0.414. The first kappa shape index (κ1) is 8.73. The van der Waals surface area contributed by atoms with E-state index in [1.165, 1.54) is 19.4 Å². The number of nitrogens with zero attached hydrogens (tertiary/aromatic N) is 2. The van der Waals surface area contributed by atoms with Crippen LogP contribution in [0.3, 0.4) is 0 Å². The molecule has 0 atom stereocenters. The first-order chi connectivity index (χ1) is 5.70. The van der Waals surface area contributed by atoms with Crippen LogP contribution in [-0.4, -0.2) is 19.4 Å². The molecule has 5 heteroatoms. The standard InChI is InChI=1S/C7H12N3O2/c1-5-4-9-10(12-3)7(11-2)6(5)8/h4H,8H2,1-3H3/q-1. The van der Waals surface area contributed by atoms with Gasteiger partial charge in [0, 0.05) is 0 Å². The number of nitrogens with two attached hydrogens (primary N) is 1. The first-order valence-corrected chi connectivity index (χ1v) is 3.46. The second kappa shape index (κ2) is 3.36. The van der Waals surface area contributed by atoms with E-state index in [9.17, 15) is 0 Å². The summed E-state index contributed by atoms with van der Waals surface area (Å²) in [5.41, 5.74) is 11.0. The summed E-state index contributed by atoms with van der Waals surface area (Å²) in [4.78, 5) is 4.87. The Balaban J connectivity index is 2.92. The van der Waals surface area contributed by atoms with E-state index in [0.29, 0.717) is 11.6 Å². The van der Waals surface area contributed by atoms with Crippen LogP contribution >= 0.6 is 0 Å². The van der Waals surface area contributed by atoms with E-state index in [0.717, 1.165) is 5.57 Å². The zero-order chi connectivity index (χ0) is 9.14. The van der Waals surface area contributed by atoms with Gasteiger partial charge in [0.2, 0.25) is 5.88 Å². The van der Waals surface area contributed by atoms with Gasteiger partial charge in [-0.15, -0.1) is 0 Å². The highest BCUT2D eigenvalue weighted by Gasteiger charge is 2.11. The SMILES string of the molecule is COC1=C(N)C(C)=C[N-]N1OC. The van der Waals surface area contributed by atoms with E-state index in [-0.39, 0.29) is 0 Å². The Morgan fingerprint density at radius 2 is 2.17 bits per heavy atom. The summed E-state index contributed by atoms with van der Waals surface area (Å²) in [6.07, 6.45) is 1.61. The number of hydroxylamine groups is 1. The molecule has 0 aromatic heterocycles. The smallest absolute Gasteiger partial charge is 0.224 e. The Labute approximate surface area is 71.3 Å². The highest BCUT2D eigenvalue weighted by molar-refractivity contribution is 5.34. The molecule has 1 aliphatic heterocycles. The molecule has 1 aliphatic rings. The van der Waals surface area contributed by atoms with Crippen molar-refractivity contribution in [3.63, 3.8) is 0 Å². The third-order valence-electron chi connectivity index (χ3n) is 1.55. The number of hydrogen-bond acceptors (Lipinski definition) is 4. The molecule has 5 nitrogen and oxygen atoms in total. The molecule has 0 saturated carbocycles. The summed E-state index contributed by atoms with van der Waals surface area (Å²) in [7, 11) is 3.01. The molecule has 12 heavy (non-hydrogen) atoms. The van der Waals surface area contributed by atoms with Crippen LogP contribution in [-0.2, 0) is 9.57 Å². The molecule has 0 fully saturated rings. The molecule has 1 rings (SSSR count). The molecule has 0 aromatic rings. The quantitative estimate of drug-likeness (QED) is 0.666. The Morgan fingerprint density at radius 3 is 2.67 bits per heavy atom. The van der Waals surface area contributed by atoms with Crippen LogP contribution in [0.5, 0.6) is 0 Å². The number of ether oxygens (including phenoxy) is 1. The normalized spacial score (nSPS) is 17.2. The van der Waals surface area contributed by atoms with E-state index in [1.54, 1.807) is 6.20 Å². The number of rotatable bonds is 2. The van der Waals surface area contributed by atoms with Gasteiger partial charge in [-0.1, -0.05) is 0 Å². The van der Waals surface area contributed by atoms with Crippen LogP contribution in [0.1, 0.15) is 6.92 Å². The Morgan fingerprint density at radius 1 is 1.50 bits per heavy atom. The van der Waals surface area contributed by atoms with Gasteiger partial charge >= 0.3 is 0 Å². The Bertz CT molecular complexity index is 235. The number of hydrogen-bond donors (Lipinski definition) is 1. The minimum atomic E-state index is 0.414. The average Bonchev–Trinajstić information content (AvgIpc) is 2.09. The van der Waals surface area contributed by atoms with Crippen molar-refractivity contribution in [3.8, 4) is 0 Å². The second-order valence-corrected chi connectivity index (χ2v) is 2.31. The van der Waals surface area contributed by atoms with Crippen molar-refractivity contribution < 1.29 is 9.57 Å². The summed E-state index contributed by atoms with van der Waals surface area (Å²) in [6, 6.07) is 0. The van der Waals surface area contributed by atoms with E-state index in [1.807, 2.05) is 6.92 Å². The predicted molar refractivity (Wildman–Crippen MR) is 44.2 cm³/mol. The minimum Gasteiger partial charge on any atom is -0.572 e. The maximum Gasteiger partial charge on any atom is 0.224 e. The van der Waals surface area contributed by atoms with E-state index >= 15 is 0 Å². The summed E-state index contributed by atoms with van der Waals surface area (Å²) < 4.78 is 5.00. The van der Waals surface area contributed by atoms with Gasteiger partial charge in [-0.2, -0.15) is 6.20 Å². The lowest BCUT2D eigenvalue weighted by molar-refractivity contribution is -0.107. The van der Waals surface area contributed by atoms with Crippen LogP contribution in [0.25, 0.3) is 5.43 Å². The summed E-state index contributed by atoms with van der Waals surface area (Å²) >= 11 is 0. The van der Waals surface area contributed by atoms with Gasteiger partial charge in [-0.05, 0) is 12.5 Å². The lowest BCUT2D eigenvalue weighted by atomic mass is 10.2. The maximum atomic E-state index is 5.70. The molecule has 0 spiro atoms. The molecule has 0 amide bonds. The van der Waals surface area contributed by atoms with Crippen molar-refractivity contribution in [3.05, 3.63) is 28.8 Å². The fraction of sp³-hybridized carbons (Fsp3) is 0.429. The lowest BCUT2D eigenvalue weighted by Gasteiger charge is -2.39. The van der Waals surface area contributed by atoms with Crippen molar-refractivity contribution in [1.82, 2.24) is 5.17 Å². The molecule has 0 aromatic carbocycles. The Kier molecular flexibility index (Phi) is 2.44. The lowest BCUT2D eigenvalue weighted by Crippen LogP contribution is -2.25. The van der Waals surface area contributed by atoms with Crippen LogP contribution in [0.4, 0.5) is 0 Å². The molecule has 0 unspecified atom stereocenters.